The Kier molecular flexibility index (Phi) is 7.02. The highest BCUT2D eigenvalue weighted by Gasteiger charge is 2.17. The van der Waals surface area contributed by atoms with Gasteiger partial charge in [-0.05, 0) is 55.1 Å². The molecule has 0 aliphatic rings. The van der Waals surface area contributed by atoms with Crippen molar-refractivity contribution in [3.05, 3.63) is 97.2 Å². The van der Waals surface area contributed by atoms with Gasteiger partial charge in [0.2, 0.25) is 0 Å². The van der Waals surface area contributed by atoms with Crippen molar-refractivity contribution >= 4 is 46.1 Å². The monoisotopic (exact) mass is 503 g/mol. The Labute approximate surface area is 204 Å². The first kappa shape index (κ1) is 23.3. The Hall–Kier alpha value is -2.87. The fourth-order valence-electron chi connectivity index (χ4n) is 3.31. The van der Waals surface area contributed by atoms with Crippen molar-refractivity contribution in [2.45, 2.75) is 27.0 Å². The molecule has 5 nitrogen and oxygen atoms in total. The number of aryl methyl sites for hydroxylation is 1. The Morgan fingerprint density at radius 1 is 1.12 bits per heavy atom. The summed E-state index contributed by atoms with van der Waals surface area (Å²) in [6, 6.07) is 13.4. The van der Waals surface area contributed by atoms with E-state index in [9.17, 15) is 9.18 Å². The topological polar surface area (TPSA) is 56.2 Å². The number of carbonyl (C=O) groups excluding carboxylic acids is 1. The van der Waals surface area contributed by atoms with Crippen LogP contribution in [0.4, 0.5) is 10.1 Å². The number of hydrogen-bond acceptors (Lipinski definition) is 4. The van der Waals surface area contributed by atoms with Crippen molar-refractivity contribution < 1.29 is 13.9 Å². The van der Waals surface area contributed by atoms with Crippen LogP contribution in [-0.2, 0) is 13.2 Å². The number of aromatic nitrogens is 2. The number of nitrogens with zero attached hydrogens (tertiary/aromatic N) is 2. The molecular weight excluding hydrogens is 484 g/mol. The maximum Gasteiger partial charge on any atom is 0.265 e. The van der Waals surface area contributed by atoms with Gasteiger partial charge < -0.3 is 10.1 Å². The van der Waals surface area contributed by atoms with Gasteiger partial charge in [0, 0.05) is 5.56 Å². The number of ether oxygens (including phenoxy) is 1. The summed E-state index contributed by atoms with van der Waals surface area (Å²) in [5.74, 6) is -0.484. The molecule has 0 atom stereocenters. The summed E-state index contributed by atoms with van der Waals surface area (Å²) in [5.41, 5.74) is 3.94. The van der Waals surface area contributed by atoms with Gasteiger partial charge in [-0.25, -0.2) is 4.39 Å². The van der Waals surface area contributed by atoms with Crippen molar-refractivity contribution in [3.63, 3.8) is 0 Å². The van der Waals surface area contributed by atoms with Gasteiger partial charge in [-0.3, -0.25) is 9.48 Å². The summed E-state index contributed by atoms with van der Waals surface area (Å²) in [6.07, 6.45) is 0. The molecule has 170 valence electrons. The van der Waals surface area contributed by atoms with Crippen molar-refractivity contribution in [3.8, 4) is 5.75 Å². The highest BCUT2D eigenvalue weighted by atomic mass is 35.5. The summed E-state index contributed by atoms with van der Waals surface area (Å²) < 4.78 is 21.0. The molecule has 0 saturated carbocycles. The van der Waals surface area contributed by atoms with E-state index in [1.54, 1.807) is 36.4 Å². The van der Waals surface area contributed by atoms with Gasteiger partial charge in [-0.15, -0.1) is 11.3 Å². The Bertz CT molecular complexity index is 1320. The smallest absolute Gasteiger partial charge is 0.265 e. The number of thiophene rings is 1. The number of nitrogens with one attached hydrogen (secondary N) is 1. The largest absolute Gasteiger partial charge is 0.486 e. The Morgan fingerprint density at radius 3 is 2.67 bits per heavy atom. The van der Waals surface area contributed by atoms with Gasteiger partial charge in [0.15, 0.2) is 11.6 Å². The molecule has 2 aromatic carbocycles. The molecular formula is C24H20Cl2FN3O2S. The summed E-state index contributed by atoms with van der Waals surface area (Å²) in [7, 11) is 0. The number of anilines is 1. The van der Waals surface area contributed by atoms with E-state index in [4.69, 9.17) is 27.9 Å². The van der Waals surface area contributed by atoms with Crippen LogP contribution in [-0.4, -0.2) is 15.7 Å². The molecule has 4 rings (SSSR count). The second-order valence-electron chi connectivity index (χ2n) is 7.44. The minimum Gasteiger partial charge on any atom is -0.486 e. The molecule has 0 radical (unpaired) electrons. The average Bonchev–Trinajstić information content (AvgIpc) is 3.36. The normalized spacial score (nSPS) is 10.9. The molecule has 0 spiro atoms. The first-order valence-electron chi connectivity index (χ1n) is 10.1. The van der Waals surface area contributed by atoms with Crippen LogP contribution in [0.15, 0.2) is 53.9 Å². The van der Waals surface area contributed by atoms with Gasteiger partial charge in [-0.1, -0.05) is 41.4 Å². The van der Waals surface area contributed by atoms with E-state index in [1.165, 1.54) is 17.4 Å². The van der Waals surface area contributed by atoms with Crippen LogP contribution < -0.4 is 10.1 Å². The predicted molar refractivity (Wildman–Crippen MR) is 130 cm³/mol. The highest BCUT2D eigenvalue weighted by molar-refractivity contribution is 7.12. The van der Waals surface area contributed by atoms with Gasteiger partial charge in [0.25, 0.3) is 5.91 Å². The molecule has 1 amide bonds. The van der Waals surface area contributed by atoms with Gasteiger partial charge in [0.05, 0.1) is 38.5 Å². The van der Waals surface area contributed by atoms with Gasteiger partial charge >= 0.3 is 0 Å². The minimum atomic E-state index is -0.422. The zero-order valence-corrected chi connectivity index (χ0v) is 20.2. The molecule has 9 heteroatoms. The van der Waals surface area contributed by atoms with E-state index < -0.39 is 5.82 Å². The molecule has 0 bridgehead atoms. The minimum absolute atomic E-state index is 0.171. The number of halogens is 3. The zero-order valence-electron chi connectivity index (χ0n) is 17.9. The number of carbonyl (C=O) groups is 1. The van der Waals surface area contributed by atoms with Crippen LogP contribution in [0, 0.1) is 19.7 Å². The fourth-order valence-corrected chi connectivity index (χ4v) is 4.42. The first-order valence-corrected chi connectivity index (χ1v) is 11.7. The Balaban J connectivity index is 1.43. The average molecular weight is 504 g/mol. The number of hydrogen-bond donors (Lipinski definition) is 1. The van der Waals surface area contributed by atoms with E-state index >= 15 is 0 Å². The summed E-state index contributed by atoms with van der Waals surface area (Å²) in [6.45, 7) is 4.41. The molecule has 33 heavy (non-hydrogen) atoms. The van der Waals surface area contributed by atoms with Crippen LogP contribution in [0.25, 0.3) is 0 Å². The number of amides is 1. The summed E-state index contributed by atoms with van der Waals surface area (Å²) in [5, 5.41) is 10.3. The maximum atomic E-state index is 13.7. The summed E-state index contributed by atoms with van der Waals surface area (Å²) >= 11 is 13.4. The molecule has 1 N–H and O–H groups in total. The number of benzene rings is 2. The van der Waals surface area contributed by atoms with E-state index in [1.807, 2.05) is 30.0 Å². The number of rotatable bonds is 7. The van der Waals surface area contributed by atoms with E-state index in [0.717, 1.165) is 16.8 Å². The van der Waals surface area contributed by atoms with Crippen molar-refractivity contribution in [1.82, 2.24) is 9.78 Å². The third kappa shape index (κ3) is 5.38. The molecule has 0 fully saturated rings. The highest BCUT2D eigenvalue weighted by Crippen LogP contribution is 2.26. The van der Waals surface area contributed by atoms with Gasteiger partial charge in [-0.2, -0.15) is 5.10 Å². The first-order chi connectivity index (χ1) is 15.8. The predicted octanol–water partition coefficient (Wildman–Crippen LogP) is 6.89. The van der Waals surface area contributed by atoms with Crippen LogP contribution in [0.5, 0.6) is 5.75 Å². The number of para-hydroxylation sites is 1. The second-order valence-corrected chi connectivity index (χ2v) is 9.17. The lowest BCUT2D eigenvalue weighted by atomic mass is 10.2. The van der Waals surface area contributed by atoms with E-state index in [0.29, 0.717) is 32.8 Å². The lowest BCUT2D eigenvalue weighted by Gasteiger charge is -2.08. The molecule has 0 saturated heterocycles. The molecule has 0 unspecified atom stereocenters. The van der Waals surface area contributed by atoms with Crippen molar-refractivity contribution in [1.29, 1.82) is 0 Å². The van der Waals surface area contributed by atoms with Crippen LogP contribution in [0.2, 0.25) is 10.0 Å². The van der Waals surface area contributed by atoms with Crippen LogP contribution in [0.3, 0.4) is 0 Å². The molecule has 2 aromatic heterocycles. The zero-order chi connectivity index (χ0) is 23.5. The van der Waals surface area contributed by atoms with Crippen molar-refractivity contribution in [2.75, 3.05) is 5.32 Å². The van der Waals surface area contributed by atoms with Crippen LogP contribution in [0.1, 0.15) is 32.2 Å². The SMILES string of the molecule is Cc1nn(Cc2ccc(Cl)c(Cl)c2)c(C)c1NC(=O)c1cc(COc2ccccc2F)cs1. The van der Waals surface area contributed by atoms with Crippen LogP contribution >= 0.6 is 34.5 Å². The molecule has 2 heterocycles. The molecule has 0 aliphatic carbocycles. The third-order valence-corrected chi connectivity index (χ3v) is 6.76. The molecule has 4 aromatic rings. The lowest BCUT2D eigenvalue weighted by Crippen LogP contribution is -2.12. The Morgan fingerprint density at radius 2 is 1.91 bits per heavy atom. The van der Waals surface area contributed by atoms with Gasteiger partial charge in [0.1, 0.15) is 6.61 Å². The lowest BCUT2D eigenvalue weighted by molar-refractivity contribution is 0.103. The van der Waals surface area contributed by atoms with E-state index in [2.05, 4.69) is 10.4 Å². The quantitative estimate of drug-likeness (QED) is 0.298. The van der Waals surface area contributed by atoms with E-state index in [-0.39, 0.29) is 18.3 Å². The summed E-state index contributed by atoms with van der Waals surface area (Å²) in [4.78, 5) is 13.4. The maximum absolute atomic E-state index is 13.7. The van der Waals surface area contributed by atoms with Crippen molar-refractivity contribution in [2.24, 2.45) is 0 Å². The fraction of sp³-hybridized carbons (Fsp3) is 0.167. The standard InChI is InChI=1S/C24H20Cl2FN3O2S/c1-14-23(15(2)30(29-14)11-16-7-8-18(25)19(26)9-16)28-24(31)22-10-17(13-33-22)12-32-21-6-4-3-5-20(21)27/h3-10,13H,11-12H2,1-2H3,(H,28,31). The third-order valence-electron chi connectivity index (χ3n) is 5.04. The molecule has 0 aliphatic heterocycles. The second kappa shape index (κ2) is 9.95.